The average Bonchev–Trinajstić information content (AvgIpc) is 3.26. The standard InChI is InChI=1S/C17H23N5O2/c1-14(12-22-8-3-7-20-22)10-19-17(23)21-9-5-16(13-21)24-15-4-2-6-18-11-15/h2-4,6-8,11,14,16H,5,9-10,12-13H2,1H3,(H,19,23). The lowest BCUT2D eigenvalue weighted by Gasteiger charge is -2.19. The number of nitrogens with one attached hydrogen (secondary N) is 1. The topological polar surface area (TPSA) is 72.3 Å². The summed E-state index contributed by atoms with van der Waals surface area (Å²) >= 11 is 0. The number of carbonyl (C=O) groups is 1. The number of amides is 2. The van der Waals surface area contributed by atoms with E-state index < -0.39 is 0 Å². The van der Waals surface area contributed by atoms with Crippen molar-refractivity contribution < 1.29 is 9.53 Å². The number of urea groups is 1. The maximum Gasteiger partial charge on any atom is 0.317 e. The second kappa shape index (κ2) is 7.81. The molecule has 2 aromatic rings. The summed E-state index contributed by atoms with van der Waals surface area (Å²) in [6, 6.07) is 5.60. The summed E-state index contributed by atoms with van der Waals surface area (Å²) in [6.07, 6.45) is 7.97. The largest absolute Gasteiger partial charge is 0.487 e. The third-order valence-corrected chi connectivity index (χ3v) is 4.03. The molecule has 7 heteroatoms. The molecular weight excluding hydrogens is 306 g/mol. The summed E-state index contributed by atoms with van der Waals surface area (Å²) in [5.41, 5.74) is 0. The van der Waals surface area contributed by atoms with Gasteiger partial charge >= 0.3 is 6.03 Å². The minimum atomic E-state index is -0.0281. The zero-order chi connectivity index (χ0) is 16.8. The zero-order valence-corrected chi connectivity index (χ0v) is 13.8. The van der Waals surface area contributed by atoms with Crippen molar-refractivity contribution in [2.45, 2.75) is 26.0 Å². The summed E-state index contributed by atoms with van der Waals surface area (Å²) in [7, 11) is 0. The quantitative estimate of drug-likeness (QED) is 0.877. The van der Waals surface area contributed by atoms with Crippen LogP contribution < -0.4 is 10.1 Å². The minimum absolute atomic E-state index is 0.0281. The van der Waals surface area contributed by atoms with Crippen LogP contribution in [0.2, 0.25) is 0 Å². The van der Waals surface area contributed by atoms with E-state index in [2.05, 4.69) is 22.3 Å². The van der Waals surface area contributed by atoms with E-state index in [0.29, 0.717) is 25.6 Å². The van der Waals surface area contributed by atoms with Crippen molar-refractivity contribution >= 4 is 6.03 Å². The Bertz CT molecular complexity index is 632. The molecule has 1 aliphatic rings. The second-order valence-electron chi connectivity index (χ2n) is 6.18. The molecule has 0 bridgehead atoms. The van der Waals surface area contributed by atoms with Gasteiger partial charge in [-0.25, -0.2) is 4.79 Å². The Morgan fingerprint density at radius 3 is 3.12 bits per heavy atom. The normalized spacial score (nSPS) is 18.4. The Morgan fingerprint density at radius 1 is 1.46 bits per heavy atom. The molecule has 1 N–H and O–H groups in total. The first-order valence-corrected chi connectivity index (χ1v) is 8.27. The fourth-order valence-electron chi connectivity index (χ4n) is 2.78. The predicted molar refractivity (Wildman–Crippen MR) is 89.6 cm³/mol. The molecular formula is C17H23N5O2. The van der Waals surface area contributed by atoms with Crippen molar-refractivity contribution in [2.24, 2.45) is 5.92 Å². The number of hydrogen-bond donors (Lipinski definition) is 1. The molecule has 0 saturated carbocycles. The van der Waals surface area contributed by atoms with Gasteiger partial charge in [0.25, 0.3) is 0 Å². The molecule has 2 unspecified atom stereocenters. The number of hydrogen-bond acceptors (Lipinski definition) is 4. The van der Waals surface area contributed by atoms with Gasteiger partial charge in [-0.2, -0.15) is 5.10 Å². The highest BCUT2D eigenvalue weighted by Gasteiger charge is 2.27. The molecule has 2 aromatic heterocycles. The summed E-state index contributed by atoms with van der Waals surface area (Å²) in [5.74, 6) is 1.07. The molecule has 3 rings (SSSR count). The number of likely N-dealkylation sites (tertiary alicyclic amines) is 1. The SMILES string of the molecule is CC(CNC(=O)N1CCC(Oc2cccnc2)C1)Cn1cccn1. The van der Waals surface area contributed by atoms with Crippen LogP contribution in [-0.4, -0.2) is 51.4 Å². The van der Waals surface area contributed by atoms with E-state index in [0.717, 1.165) is 18.7 Å². The van der Waals surface area contributed by atoms with Crippen LogP contribution in [0.15, 0.2) is 43.0 Å². The van der Waals surface area contributed by atoms with E-state index in [4.69, 9.17) is 4.74 Å². The van der Waals surface area contributed by atoms with E-state index in [1.165, 1.54) is 0 Å². The van der Waals surface area contributed by atoms with Gasteiger partial charge in [-0.3, -0.25) is 9.67 Å². The van der Waals surface area contributed by atoms with Crippen molar-refractivity contribution in [3.63, 3.8) is 0 Å². The van der Waals surface area contributed by atoms with Crippen molar-refractivity contribution in [3.05, 3.63) is 43.0 Å². The fourth-order valence-corrected chi connectivity index (χ4v) is 2.78. The second-order valence-corrected chi connectivity index (χ2v) is 6.18. The van der Waals surface area contributed by atoms with Gasteiger partial charge in [-0.15, -0.1) is 0 Å². The summed E-state index contributed by atoms with van der Waals surface area (Å²) in [4.78, 5) is 18.1. The number of rotatable bonds is 6. The highest BCUT2D eigenvalue weighted by molar-refractivity contribution is 5.74. The summed E-state index contributed by atoms with van der Waals surface area (Å²) < 4.78 is 7.74. The monoisotopic (exact) mass is 329 g/mol. The Labute approximate surface area is 141 Å². The molecule has 7 nitrogen and oxygen atoms in total. The third-order valence-electron chi connectivity index (χ3n) is 4.03. The van der Waals surface area contributed by atoms with Crippen molar-refractivity contribution in [3.8, 4) is 5.75 Å². The molecule has 0 aromatic carbocycles. The Morgan fingerprint density at radius 2 is 2.38 bits per heavy atom. The zero-order valence-electron chi connectivity index (χ0n) is 13.8. The number of ether oxygens (including phenoxy) is 1. The maximum absolute atomic E-state index is 12.3. The van der Waals surface area contributed by atoms with Crippen LogP contribution in [0.25, 0.3) is 0 Å². The van der Waals surface area contributed by atoms with E-state index in [1.807, 2.05) is 34.0 Å². The number of carbonyl (C=O) groups excluding carboxylic acids is 1. The highest BCUT2D eigenvalue weighted by Crippen LogP contribution is 2.17. The fraction of sp³-hybridized carbons (Fsp3) is 0.471. The van der Waals surface area contributed by atoms with E-state index >= 15 is 0 Å². The first-order chi connectivity index (χ1) is 11.7. The molecule has 24 heavy (non-hydrogen) atoms. The van der Waals surface area contributed by atoms with E-state index in [9.17, 15) is 4.79 Å². The van der Waals surface area contributed by atoms with Crippen molar-refractivity contribution in [1.82, 2.24) is 25.0 Å². The van der Waals surface area contributed by atoms with Crippen molar-refractivity contribution in [1.29, 1.82) is 0 Å². The number of pyridine rings is 1. The molecule has 0 spiro atoms. The van der Waals surface area contributed by atoms with Gasteiger partial charge in [0.2, 0.25) is 0 Å². The smallest absolute Gasteiger partial charge is 0.317 e. The molecule has 0 radical (unpaired) electrons. The number of aromatic nitrogens is 3. The van der Waals surface area contributed by atoms with Gasteiger partial charge in [0.15, 0.2) is 0 Å². The van der Waals surface area contributed by atoms with E-state index in [-0.39, 0.29) is 12.1 Å². The maximum atomic E-state index is 12.3. The molecule has 1 aliphatic heterocycles. The van der Waals surface area contributed by atoms with Crippen LogP contribution in [0.3, 0.4) is 0 Å². The molecule has 128 valence electrons. The molecule has 0 aliphatic carbocycles. The van der Waals surface area contributed by atoms with Crippen LogP contribution in [0.1, 0.15) is 13.3 Å². The summed E-state index contributed by atoms with van der Waals surface area (Å²) in [5, 5.41) is 7.18. The van der Waals surface area contributed by atoms with Gasteiger partial charge in [0.05, 0.1) is 12.7 Å². The van der Waals surface area contributed by atoms with Crippen LogP contribution in [0, 0.1) is 5.92 Å². The lowest BCUT2D eigenvalue weighted by molar-refractivity contribution is 0.185. The van der Waals surface area contributed by atoms with Gasteiger partial charge in [0, 0.05) is 44.6 Å². The van der Waals surface area contributed by atoms with Crippen LogP contribution in [0.5, 0.6) is 5.75 Å². The van der Waals surface area contributed by atoms with Gasteiger partial charge in [-0.05, 0) is 24.1 Å². The number of nitrogens with zero attached hydrogens (tertiary/aromatic N) is 4. The van der Waals surface area contributed by atoms with Crippen LogP contribution in [-0.2, 0) is 6.54 Å². The van der Waals surface area contributed by atoms with Crippen LogP contribution >= 0.6 is 0 Å². The minimum Gasteiger partial charge on any atom is -0.487 e. The first-order valence-electron chi connectivity index (χ1n) is 8.27. The molecule has 1 fully saturated rings. The molecule has 1 saturated heterocycles. The van der Waals surface area contributed by atoms with Crippen LogP contribution in [0.4, 0.5) is 4.79 Å². The van der Waals surface area contributed by atoms with Gasteiger partial charge < -0.3 is 15.0 Å². The predicted octanol–water partition coefficient (Wildman–Crippen LogP) is 1.78. The third kappa shape index (κ3) is 4.47. The lowest BCUT2D eigenvalue weighted by atomic mass is 10.2. The van der Waals surface area contributed by atoms with Gasteiger partial charge in [-0.1, -0.05) is 6.92 Å². The van der Waals surface area contributed by atoms with Gasteiger partial charge in [0.1, 0.15) is 11.9 Å². The highest BCUT2D eigenvalue weighted by atomic mass is 16.5. The van der Waals surface area contributed by atoms with E-state index in [1.54, 1.807) is 18.6 Å². The summed E-state index contributed by atoms with van der Waals surface area (Å²) in [6.45, 7) is 4.84. The first kappa shape index (κ1) is 16.3. The Hall–Kier alpha value is -2.57. The molecule has 3 heterocycles. The lowest BCUT2D eigenvalue weighted by Crippen LogP contribution is -2.41. The molecule has 2 amide bonds. The Kier molecular flexibility index (Phi) is 5.30. The average molecular weight is 329 g/mol. The van der Waals surface area contributed by atoms with Crippen molar-refractivity contribution in [2.75, 3.05) is 19.6 Å². The Balaban J connectivity index is 1.39. The molecule has 2 atom stereocenters.